The Kier molecular flexibility index (Phi) is 12.2. The Balaban J connectivity index is 0.000000177. The minimum atomic E-state index is -0.624. The van der Waals surface area contributed by atoms with Crippen molar-refractivity contribution in [1.82, 2.24) is 9.97 Å². The molecule has 10 heteroatoms. The first kappa shape index (κ1) is 39.8. The average molecular weight is 773 g/mol. The fourth-order valence-corrected chi connectivity index (χ4v) is 6.71. The third-order valence-corrected chi connectivity index (χ3v) is 9.45. The monoisotopic (exact) mass is 772 g/mol. The molecule has 2 fully saturated rings. The maximum Gasteiger partial charge on any atom is 0.232 e. The molecule has 58 heavy (non-hydrogen) atoms. The summed E-state index contributed by atoms with van der Waals surface area (Å²) in [4.78, 5) is 9.31. The number of pyridine rings is 2. The predicted octanol–water partition coefficient (Wildman–Crippen LogP) is 9.64. The fourth-order valence-electron chi connectivity index (χ4n) is 6.71. The molecule has 6 aromatic rings. The van der Waals surface area contributed by atoms with Crippen molar-refractivity contribution >= 4 is 0 Å². The molecule has 0 saturated carbocycles. The van der Waals surface area contributed by atoms with E-state index in [2.05, 4.69) is 22.1 Å². The van der Waals surface area contributed by atoms with Gasteiger partial charge in [0.2, 0.25) is 11.8 Å². The van der Waals surface area contributed by atoms with Gasteiger partial charge in [-0.15, -0.1) is 0 Å². The second-order valence-electron chi connectivity index (χ2n) is 14.7. The van der Waals surface area contributed by atoms with Crippen LogP contribution in [0.4, 0.5) is 0 Å². The van der Waals surface area contributed by atoms with Crippen molar-refractivity contribution in [2.24, 2.45) is 0 Å². The lowest BCUT2D eigenvalue weighted by molar-refractivity contribution is -0.142. The van der Waals surface area contributed by atoms with Crippen LogP contribution in [0.15, 0.2) is 133 Å². The van der Waals surface area contributed by atoms with Crippen molar-refractivity contribution < 1.29 is 28.4 Å². The van der Waals surface area contributed by atoms with Crippen molar-refractivity contribution in [2.75, 3.05) is 26.4 Å². The van der Waals surface area contributed by atoms with Crippen LogP contribution in [-0.4, -0.2) is 60.2 Å². The van der Waals surface area contributed by atoms with Crippen LogP contribution in [0.2, 0.25) is 0 Å². The Morgan fingerprint density at radius 2 is 0.862 bits per heavy atom. The van der Waals surface area contributed by atoms with E-state index in [0.717, 1.165) is 44.8 Å². The summed E-state index contributed by atoms with van der Waals surface area (Å²) < 4.78 is 34.8. The number of hydrogen-bond acceptors (Lipinski definition) is 10. The largest absolute Gasteiger partial charge is 0.474 e. The average Bonchev–Trinajstić information content (AvgIpc) is 3.81. The van der Waals surface area contributed by atoms with Gasteiger partial charge in [-0.2, -0.15) is 10.5 Å². The summed E-state index contributed by atoms with van der Waals surface area (Å²) in [6, 6.07) is 47.8. The van der Waals surface area contributed by atoms with E-state index in [-0.39, 0.29) is 25.4 Å². The van der Waals surface area contributed by atoms with Crippen LogP contribution in [0, 0.1) is 22.7 Å². The zero-order valence-corrected chi connectivity index (χ0v) is 32.9. The number of ether oxygens (including phenoxy) is 6. The summed E-state index contributed by atoms with van der Waals surface area (Å²) in [5, 5.41) is 19.7. The van der Waals surface area contributed by atoms with E-state index in [9.17, 15) is 10.5 Å². The highest BCUT2D eigenvalue weighted by molar-refractivity contribution is 5.79. The molecule has 2 saturated heterocycles. The summed E-state index contributed by atoms with van der Waals surface area (Å²) in [6.45, 7) is 8.89. The molecule has 10 nitrogen and oxygen atoms in total. The lowest BCUT2D eigenvalue weighted by Gasteiger charge is -2.18. The zero-order chi connectivity index (χ0) is 40.5. The van der Waals surface area contributed by atoms with Crippen molar-refractivity contribution in [2.45, 2.75) is 51.5 Å². The van der Waals surface area contributed by atoms with Crippen molar-refractivity contribution in [3.05, 3.63) is 145 Å². The highest BCUT2D eigenvalue weighted by atomic mass is 16.8. The molecule has 0 aliphatic carbocycles. The minimum Gasteiger partial charge on any atom is -0.474 e. The lowest BCUT2D eigenvalue weighted by Crippen LogP contribution is -2.25. The van der Waals surface area contributed by atoms with Gasteiger partial charge in [0.25, 0.3) is 0 Å². The van der Waals surface area contributed by atoms with Gasteiger partial charge in [-0.1, -0.05) is 121 Å². The zero-order valence-electron chi connectivity index (χ0n) is 32.9. The fraction of sp³-hybridized carbons (Fsp3) is 0.250. The maximum absolute atomic E-state index is 9.87. The van der Waals surface area contributed by atoms with Crippen molar-refractivity contribution in [1.29, 1.82) is 10.5 Å². The second-order valence-corrected chi connectivity index (χ2v) is 14.7. The van der Waals surface area contributed by atoms with E-state index in [1.807, 2.05) is 161 Å². The summed E-state index contributed by atoms with van der Waals surface area (Å²) in [6.07, 6.45) is -0.419. The van der Waals surface area contributed by atoms with E-state index < -0.39 is 11.6 Å². The molecular formula is C48H44N4O6. The van der Waals surface area contributed by atoms with Gasteiger partial charge in [-0.3, -0.25) is 0 Å². The first-order valence-corrected chi connectivity index (χ1v) is 19.1. The normalized spacial score (nSPS) is 17.6. The molecule has 2 atom stereocenters. The predicted molar refractivity (Wildman–Crippen MR) is 220 cm³/mol. The number of aromatic nitrogens is 2. The molecule has 2 aromatic heterocycles. The van der Waals surface area contributed by atoms with Crippen LogP contribution >= 0.6 is 0 Å². The van der Waals surface area contributed by atoms with Crippen LogP contribution < -0.4 is 9.47 Å². The van der Waals surface area contributed by atoms with Gasteiger partial charge >= 0.3 is 0 Å². The summed E-state index contributed by atoms with van der Waals surface area (Å²) >= 11 is 0. The topological polar surface area (TPSA) is 129 Å². The summed E-state index contributed by atoms with van der Waals surface area (Å²) in [7, 11) is 0. The van der Waals surface area contributed by atoms with Gasteiger partial charge < -0.3 is 28.4 Å². The molecule has 2 aliphatic rings. The molecular weight excluding hydrogens is 729 g/mol. The molecule has 2 aliphatic heterocycles. The molecule has 0 bridgehead atoms. The Morgan fingerprint density at radius 1 is 0.534 bits per heavy atom. The number of rotatable bonds is 10. The highest BCUT2D eigenvalue weighted by Gasteiger charge is 2.34. The summed E-state index contributed by atoms with van der Waals surface area (Å²) in [5.41, 5.74) is 7.71. The molecule has 0 radical (unpaired) electrons. The first-order chi connectivity index (χ1) is 28.1. The third-order valence-electron chi connectivity index (χ3n) is 9.45. The van der Waals surface area contributed by atoms with Gasteiger partial charge in [-0.05, 0) is 51.0 Å². The van der Waals surface area contributed by atoms with Gasteiger partial charge in [0.05, 0.1) is 24.6 Å². The Labute approximate surface area is 339 Å². The van der Waals surface area contributed by atoms with E-state index >= 15 is 0 Å². The minimum absolute atomic E-state index is 0.209. The third kappa shape index (κ3) is 9.75. The van der Waals surface area contributed by atoms with Gasteiger partial charge in [-0.25, -0.2) is 9.97 Å². The number of nitriles is 2. The number of hydrogen-bond donors (Lipinski definition) is 0. The molecule has 0 N–H and O–H groups in total. The van der Waals surface area contributed by atoms with Crippen LogP contribution in [0.5, 0.6) is 11.8 Å². The Bertz CT molecular complexity index is 2220. The van der Waals surface area contributed by atoms with Gasteiger partial charge in [0.15, 0.2) is 11.6 Å². The second kappa shape index (κ2) is 17.8. The quantitative estimate of drug-likeness (QED) is 0.133. The Morgan fingerprint density at radius 3 is 1.16 bits per heavy atom. The molecule has 0 unspecified atom stereocenters. The van der Waals surface area contributed by atoms with Gasteiger partial charge in [0.1, 0.15) is 48.7 Å². The SMILES string of the molecule is CC1(C)OC[C@@H](COc2nc(-c3ccccc3)cc(-c3ccccc3)c2C#N)O1.CC1(C)OC[C@@H](COc2nc(-c3ccccc3)cc(-c3ccccc3)c2C#N)O1. The molecule has 4 aromatic carbocycles. The van der Waals surface area contributed by atoms with E-state index in [1.54, 1.807) is 0 Å². The smallest absolute Gasteiger partial charge is 0.232 e. The van der Waals surface area contributed by atoms with Crippen molar-refractivity contribution in [3.8, 4) is 68.7 Å². The van der Waals surface area contributed by atoms with Crippen LogP contribution in [-0.2, 0) is 18.9 Å². The number of benzene rings is 4. The molecule has 0 spiro atoms. The molecule has 8 rings (SSSR count). The Hall–Kier alpha value is -6.40. The maximum atomic E-state index is 9.87. The standard InChI is InChI=1S/2C24H22N2O3/c2*1-24(2)28-16-19(29-24)15-27-23-21(14-25)20(17-9-5-3-6-10-17)13-22(26-23)18-11-7-4-8-12-18/h2*3-13,19H,15-16H2,1-2H3/t2*19-/m11/s1. The molecule has 4 heterocycles. The van der Waals surface area contributed by atoms with E-state index in [0.29, 0.717) is 36.1 Å². The summed E-state index contributed by atoms with van der Waals surface area (Å²) in [5.74, 6) is -0.636. The molecule has 0 amide bonds. The highest BCUT2D eigenvalue weighted by Crippen LogP contribution is 2.36. The van der Waals surface area contributed by atoms with Crippen LogP contribution in [0.1, 0.15) is 38.8 Å². The van der Waals surface area contributed by atoms with E-state index in [4.69, 9.17) is 28.4 Å². The lowest BCUT2D eigenvalue weighted by atomic mass is 9.99. The number of nitrogens with zero attached hydrogens (tertiary/aromatic N) is 4. The van der Waals surface area contributed by atoms with E-state index in [1.165, 1.54) is 0 Å². The van der Waals surface area contributed by atoms with Crippen LogP contribution in [0.3, 0.4) is 0 Å². The molecule has 292 valence electrons. The van der Waals surface area contributed by atoms with Crippen molar-refractivity contribution in [3.63, 3.8) is 0 Å². The first-order valence-electron chi connectivity index (χ1n) is 19.1. The van der Waals surface area contributed by atoms with Gasteiger partial charge in [0, 0.05) is 22.3 Å². The van der Waals surface area contributed by atoms with Crippen LogP contribution in [0.25, 0.3) is 44.8 Å².